The van der Waals surface area contributed by atoms with Crippen molar-refractivity contribution < 1.29 is 39.3 Å². The fourth-order valence-corrected chi connectivity index (χ4v) is 2.86. The molecule has 0 aliphatic carbocycles. The number of amides is 3. The molecule has 0 aromatic heterocycles. The highest BCUT2D eigenvalue weighted by molar-refractivity contribution is 5.94. The maximum atomic E-state index is 12.8. The van der Waals surface area contributed by atoms with Crippen molar-refractivity contribution in [2.45, 2.75) is 77.5 Å². The van der Waals surface area contributed by atoms with E-state index in [2.05, 4.69) is 16.0 Å². The number of carboxylic acids is 2. The van der Waals surface area contributed by atoms with Crippen molar-refractivity contribution >= 4 is 29.7 Å². The molecule has 0 fully saturated rings. The lowest BCUT2D eigenvalue weighted by atomic mass is 10.00. The number of carbonyl (C=O) groups is 5. The first-order valence-corrected chi connectivity index (χ1v) is 10.5. The van der Waals surface area contributed by atoms with Crippen LogP contribution in [0.3, 0.4) is 0 Å². The fraction of sp³-hybridized carbons (Fsp3) is 0.750. The molecule has 0 saturated carbocycles. The molecule has 12 heteroatoms. The lowest BCUT2D eigenvalue weighted by molar-refractivity contribution is -0.144. The maximum Gasteiger partial charge on any atom is 0.328 e. The molecule has 3 amide bonds. The molecule has 0 rings (SSSR count). The Morgan fingerprint density at radius 2 is 1.22 bits per heavy atom. The standard InChI is InChI=1S/C20H36N4O8/c1-10(2)7-12(21)17(28)23-14(8-11(3)4)19(30)22-13(5-6-16(26)27)18(29)24-15(9-25)20(31)32/h10-15,25H,5-9,21H2,1-4H3,(H,22,30)(H,23,28)(H,24,29)(H,26,27)(H,31,32). The number of rotatable bonds is 15. The van der Waals surface area contributed by atoms with Crippen molar-refractivity contribution in [1.82, 2.24) is 16.0 Å². The van der Waals surface area contributed by atoms with Gasteiger partial charge in [0.1, 0.15) is 18.1 Å². The number of aliphatic hydroxyl groups excluding tert-OH is 1. The molecule has 0 spiro atoms. The molecule has 184 valence electrons. The van der Waals surface area contributed by atoms with Gasteiger partial charge in [-0.25, -0.2) is 4.79 Å². The molecule has 0 aliphatic heterocycles. The average Bonchev–Trinajstić information content (AvgIpc) is 2.66. The molecule has 0 aromatic rings. The number of carbonyl (C=O) groups excluding carboxylic acids is 3. The van der Waals surface area contributed by atoms with Gasteiger partial charge in [-0.2, -0.15) is 0 Å². The summed E-state index contributed by atoms with van der Waals surface area (Å²) in [7, 11) is 0. The van der Waals surface area contributed by atoms with Crippen LogP contribution in [0.2, 0.25) is 0 Å². The highest BCUT2D eigenvalue weighted by atomic mass is 16.4. The summed E-state index contributed by atoms with van der Waals surface area (Å²) in [5.74, 6) is -4.79. The quantitative estimate of drug-likeness (QED) is 0.156. The predicted molar refractivity (Wildman–Crippen MR) is 114 cm³/mol. The molecule has 0 bridgehead atoms. The summed E-state index contributed by atoms with van der Waals surface area (Å²) in [6.45, 7) is 6.56. The van der Waals surface area contributed by atoms with E-state index in [-0.39, 0.29) is 24.7 Å². The zero-order valence-corrected chi connectivity index (χ0v) is 19.0. The smallest absolute Gasteiger partial charge is 0.328 e. The van der Waals surface area contributed by atoms with Crippen LogP contribution in [0.25, 0.3) is 0 Å². The molecule has 0 aliphatic rings. The van der Waals surface area contributed by atoms with E-state index in [0.717, 1.165) is 0 Å². The van der Waals surface area contributed by atoms with Crippen LogP contribution >= 0.6 is 0 Å². The van der Waals surface area contributed by atoms with E-state index in [9.17, 15) is 24.0 Å². The summed E-state index contributed by atoms with van der Waals surface area (Å²) in [6.07, 6.45) is -0.160. The van der Waals surface area contributed by atoms with Crippen molar-refractivity contribution in [2.75, 3.05) is 6.61 Å². The van der Waals surface area contributed by atoms with Gasteiger partial charge in [0.25, 0.3) is 0 Å². The zero-order chi connectivity index (χ0) is 25.0. The predicted octanol–water partition coefficient (Wildman–Crippen LogP) is -1.20. The Balaban J connectivity index is 5.47. The second-order valence-corrected chi connectivity index (χ2v) is 8.50. The second-order valence-electron chi connectivity index (χ2n) is 8.50. The largest absolute Gasteiger partial charge is 0.481 e. The van der Waals surface area contributed by atoms with E-state index in [1.165, 1.54) is 0 Å². The minimum Gasteiger partial charge on any atom is -0.481 e. The monoisotopic (exact) mass is 460 g/mol. The zero-order valence-electron chi connectivity index (χ0n) is 19.0. The van der Waals surface area contributed by atoms with Crippen LogP contribution in [0.1, 0.15) is 53.4 Å². The van der Waals surface area contributed by atoms with E-state index in [0.29, 0.717) is 6.42 Å². The van der Waals surface area contributed by atoms with Crippen molar-refractivity contribution in [2.24, 2.45) is 17.6 Å². The number of aliphatic carboxylic acids is 2. The summed E-state index contributed by atoms with van der Waals surface area (Å²) in [5, 5.41) is 34.0. The van der Waals surface area contributed by atoms with E-state index in [4.69, 9.17) is 21.1 Å². The van der Waals surface area contributed by atoms with Crippen LogP contribution in [0.5, 0.6) is 0 Å². The molecule has 0 saturated heterocycles. The van der Waals surface area contributed by atoms with Gasteiger partial charge >= 0.3 is 11.9 Å². The molecule has 0 aromatic carbocycles. The van der Waals surface area contributed by atoms with Gasteiger partial charge in [0, 0.05) is 6.42 Å². The van der Waals surface area contributed by atoms with Crippen LogP contribution in [0.15, 0.2) is 0 Å². The molecule has 32 heavy (non-hydrogen) atoms. The minimum atomic E-state index is -1.62. The van der Waals surface area contributed by atoms with Crippen LogP contribution in [0, 0.1) is 11.8 Å². The van der Waals surface area contributed by atoms with Gasteiger partial charge in [-0.05, 0) is 31.1 Å². The summed E-state index contributed by atoms with van der Waals surface area (Å²) < 4.78 is 0. The van der Waals surface area contributed by atoms with Gasteiger partial charge in [0.15, 0.2) is 0 Å². The molecule has 4 unspecified atom stereocenters. The normalized spacial score (nSPS) is 14.9. The first-order valence-electron chi connectivity index (χ1n) is 10.5. The first-order chi connectivity index (χ1) is 14.8. The van der Waals surface area contributed by atoms with E-state index >= 15 is 0 Å². The van der Waals surface area contributed by atoms with Gasteiger partial charge in [-0.15, -0.1) is 0 Å². The van der Waals surface area contributed by atoms with E-state index < -0.39 is 66.9 Å². The Morgan fingerprint density at radius 3 is 1.66 bits per heavy atom. The summed E-state index contributed by atoms with van der Waals surface area (Å²) in [4.78, 5) is 59.7. The van der Waals surface area contributed by atoms with Gasteiger partial charge in [0.05, 0.1) is 12.6 Å². The molecule has 12 nitrogen and oxygen atoms in total. The molecular weight excluding hydrogens is 424 g/mol. The Bertz CT molecular complexity index is 668. The molecular formula is C20H36N4O8. The Morgan fingerprint density at radius 1 is 0.750 bits per heavy atom. The van der Waals surface area contributed by atoms with Gasteiger partial charge in [-0.3, -0.25) is 19.2 Å². The number of carboxylic acid groups (broad SMARTS) is 2. The first kappa shape index (κ1) is 29.3. The van der Waals surface area contributed by atoms with E-state index in [1.54, 1.807) is 0 Å². The lowest BCUT2D eigenvalue weighted by Gasteiger charge is -2.26. The highest BCUT2D eigenvalue weighted by Gasteiger charge is 2.30. The summed E-state index contributed by atoms with van der Waals surface area (Å²) >= 11 is 0. The van der Waals surface area contributed by atoms with Crippen LogP contribution in [-0.2, 0) is 24.0 Å². The van der Waals surface area contributed by atoms with Crippen molar-refractivity contribution in [1.29, 1.82) is 0 Å². The lowest BCUT2D eigenvalue weighted by Crippen LogP contribution is -2.57. The Kier molecular flexibility index (Phi) is 13.1. The fourth-order valence-electron chi connectivity index (χ4n) is 2.86. The van der Waals surface area contributed by atoms with Gasteiger partial charge in [-0.1, -0.05) is 27.7 Å². The average molecular weight is 461 g/mol. The minimum absolute atomic E-state index is 0.00977. The topological polar surface area (TPSA) is 208 Å². The third-order valence-corrected chi connectivity index (χ3v) is 4.48. The summed E-state index contributed by atoms with van der Waals surface area (Å²) in [6, 6.07) is -4.87. The number of nitrogens with two attached hydrogens (primary N) is 1. The maximum absolute atomic E-state index is 12.8. The molecule has 0 heterocycles. The molecule has 0 radical (unpaired) electrons. The number of hydrogen-bond acceptors (Lipinski definition) is 7. The highest BCUT2D eigenvalue weighted by Crippen LogP contribution is 2.09. The van der Waals surface area contributed by atoms with Crippen molar-refractivity contribution in [3.8, 4) is 0 Å². The van der Waals surface area contributed by atoms with Crippen LogP contribution in [-0.4, -0.2) is 75.8 Å². The third-order valence-electron chi connectivity index (χ3n) is 4.48. The van der Waals surface area contributed by atoms with E-state index in [1.807, 2.05) is 27.7 Å². The van der Waals surface area contributed by atoms with Gasteiger partial charge < -0.3 is 37.0 Å². The van der Waals surface area contributed by atoms with Crippen LogP contribution < -0.4 is 21.7 Å². The molecule has 4 atom stereocenters. The SMILES string of the molecule is CC(C)CC(N)C(=O)NC(CC(C)C)C(=O)NC(CCC(=O)O)C(=O)NC(CO)C(=O)O. The number of aliphatic hydroxyl groups is 1. The van der Waals surface area contributed by atoms with Crippen LogP contribution in [0.4, 0.5) is 0 Å². The molecule has 8 N–H and O–H groups in total. The second kappa shape index (κ2) is 14.4. The third kappa shape index (κ3) is 11.6. The van der Waals surface area contributed by atoms with Gasteiger partial charge in [0.2, 0.25) is 17.7 Å². The number of hydrogen-bond donors (Lipinski definition) is 7. The number of nitrogens with one attached hydrogen (secondary N) is 3. The Labute approximate surface area is 187 Å². The van der Waals surface area contributed by atoms with Crippen molar-refractivity contribution in [3.05, 3.63) is 0 Å². The Hall–Kier alpha value is -2.73. The summed E-state index contributed by atoms with van der Waals surface area (Å²) in [5.41, 5.74) is 5.87. The van der Waals surface area contributed by atoms with Crippen molar-refractivity contribution in [3.63, 3.8) is 0 Å².